The standard InChI is InChI=1S/C19H23NO4/c1-13-6-2-4-8-16(13)20-18(21)12-24-19(22)15-10-14-7-3-5-9-17(14)23-11-15/h3,5,7,9-10,13,16H,2,4,6,8,11-12H2,1H3,(H,20,21)/t13-,16+/m0/s1. The molecule has 0 aromatic heterocycles. The highest BCUT2D eigenvalue weighted by molar-refractivity contribution is 5.96. The average molecular weight is 329 g/mol. The van der Waals surface area contributed by atoms with Crippen molar-refractivity contribution in [3.63, 3.8) is 0 Å². The van der Waals surface area contributed by atoms with Crippen LogP contribution in [0.15, 0.2) is 29.8 Å². The quantitative estimate of drug-likeness (QED) is 0.863. The van der Waals surface area contributed by atoms with Crippen LogP contribution in [0.2, 0.25) is 0 Å². The molecule has 1 aliphatic carbocycles. The molecule has 1 amide bonds. The van der Waals surface area contributed by atoms with Gasteiger partial charge in [-0.1, -0.05) is 38.0 Å². The van der Waals surface area contributed by atoms with Crippen LogP contribution in [-0.2, 0) is 14.3 Å². The fraction of sp³-hybridized carbons (Fsp3) is 0.474. The van der Waals surface area contributed by atoms with Crippen LogP contribution in [0.5, 0.6) is 5.75 Å². The third-order valence-electron chi connectivity index (χ3n) is 4.69. The first-order valence-corrected chi connectivity index (χ1v) is 8.52. The number of carbonyl (C=O) groups excluding carboxylic acids is 2. The van der Waals surface area contributed by atoms with Gasteiger partial charge in [-0.15, -0.1) is 0 Å². The Bertz CT molecular complexity index is 653. The van der Waals surface area contributed by atoms with Crippen LogP contribution in [0.4, 0.5) is 0 Å². The average Bonchev–Trinajstić information content (AvgIpc) is 2.61. The van der Waals surface area contributed by atoms with Crippen LogP contribution in [0, 0.1) is 5.92 Å². The van der Waals surface area contributed by atoms with Crippen molar-refractivity contribution in [1.82, 2.24) is 5.32 Å². The van der Waals surface area contributed by atoms with Gasteiger partial charge in [-0.3, -0.25) is 4.79 Å². The zero-order valence-corrected chi connectivity index (χ0v) is 13.9. The lowest BCUT2D eigenvalue weighted by atomic mass is 9.86. The maximum absolute atomic E-state index is 12.1. The Morgan fingerprint density at radius 3 is 2.88 bits per heavy atom. The van der Waals surface area contributed by atoms with E-state index in [1.165, 1.54) is 6.42 Å². The predicted octanol–water partition coefficient (Wildman–Crippen LogP) is 2.70. The first-order valence-electron chi connectivity index (χ1n) is 8.52. The van der Waals surface area contributed by atoms with Gasteiger partial charge < -0.3 is 14.8 Å². The topological polar surface area (TPSA) is 64.6 Å². The van der Waals surface area contributed by atoms with E-state index in [1.54, 1.807) is 6.08 Å². The van der Waals surface area contributed by atoms with Gasteiger partial charge in [0.1, 0.15) is 12.4 Å². The van der Waals surface area contributed by atoms with Crippen molar-refractivity contribution in [2.75, 3.05) is 13.2 Å². The number of fused-ring (bicyclic) bond motifs is 1. The molecule has 1 N–H and O–H groups in total. The summed E-state index contributed by atoms with van der Waals surface area (Å²) in [5.74, 6) is 0.485. The second-order valence-electron chi connectivity index (χ2n) is 6.51. The fourth-order valence-corrected chi connectivity index (χ4v) is 3.24. The zero-order valence-electron chi connectivity index (χ0n) is 13.9. The highest BCUT2D eigenvalue weighted by Crippen LogP contribution is 2.26. The van der Waals surface area contributed by atoms with Crippen LogP contribution in [0.25, 0.3) is 6.08 Å². The Morgan fingerprint density at radius 1 is 1.25 bits per heavy atom. The molecule has 1 heterocycles. The number of amides is 1. The number of esters is 1. The third kappa shape index (κ3) is 3.96. The van der Waals surface area contributed by atoms with Gasteiger partial charge in [0.25, 0.3) is 5.91 Å². The minimum atomic E-state index is -0.503. The molecule has 24 heavy (non-hydrogen) atoms. The monoisotopic (exact) mass is 329 g/mol. The van der Waals surface area contributed by atoms with E-state index >= 15 is 0 Å². The summed E-state index contributed by atoms with van der Waals surface area (Å²) in [6.07, 6.45) is 6.24. The van der Waals surface area contributed by atoms with Gasteiger partial charge in [0.05, 0.1) is 5.57 Å². The number of nitrogens with one attached hydrogen (secondary N) is 1. The fourth-order valence-electron chi connectivity index (χ4n) is 3.24. The van der Waals surface area contributed by atoms with Crippen LogP contribution in [-0.4, -0.2) is 31.1 Å². The van der Waals surface area contributed by atoms with Crippen molar-refractivity contribution < 1.29 is 19.1 Å². The molecule has 1 aromatic rings. The summed E-state index contributed by atoms with van der Waals surface area (Å²) in [6.45, 7) is 2.07. The molecular formula is C19H23NO4. The molecular weight excluding hydrogens is 306 g/mol. The normalized spacial score (nSPS) is 22.6. The van der Waals surface area contributed by atoms with Crippen molar-refractivity contribution in [2.24, 2.45) is 5.92 Å². The zero-order chi connectivity index (χ0) is 16.9. The number of rotatable bonds is 4. The number of carbonyl (C=O) groups is 2. The molecule has 1 aliphatic heterocycles. The van der Waals surface area contributed by atoms with E-state index in [9.17, 15) is 9.59 Å². The summed E-state index contributed by atoms with van der Waals surface area (Å²) in [4.78, 5) is 24.1. The van der Waals surface area contributed by atoms with Crippen LogP contribution in [0.3, 0.4) is 0 Å². The van der Waals surface area contributed by atoms with Gasteiger partial charge in [0.15, 0.2) is 6.61 Å². The van der Waals surface area contributed by atoms with E-state index in [0.717, 1.165) is 30.6 Å². The Labute approximate surface area is 142 Å². The Kier molecular flexibility index (Phi) is 5.18. The molecule has 2 atom stereocenters. The number of benzene rings is 1. The predicted molar refractivity (Wildman–Crippen MR) is 90.4 cm³/mol. The molecule has 128 valence electrons. The Morgan fingerprint density at radius 2 is 2.04 bits per heavy atom. The molecule has 0 saturated heterocycles. The highest BCUT2D eigenvalue weighted by Gasteiger charge is 2.24. The lowest BCUT2D eigenvalue weighted by Crippen LogP contribution is -2.43. The molecule has 1 saturated carbocycles. The summed E-state index contributed by atoms with van der Waals surface area (Å²) in [7, 11) is 0. The number of para-hydroxylation sites is 1. The van der Waals surface area contributed by atoms with Gasteiger partial charge in [0, 0.05) is 11.6 Å². The SMILES string of the molecule is C[C@H]1CCCC[C@H]1NC(=O)COC(=O)C1=Cc2ccccc2OC1. The Hall–Kier alpha value is -2.30. The second-order valence-corrected chi connectivity index (χ2v) is 6.51. The van der Waals surface area contributed by atoms with Crippen LogP contribution in [0.1, 0.15) is 38.2 Å². The van der Waals surface area contributed by atoms with Crippen molar-refractivity contribution >= 4 is 18.0 Å². The summed E-state index contributed by atoms with van der Waals surface area (Å²) in [5.41, 5.74) is 1.27. The van der Waals surface area contributed by atoms with Crippen molar-refractivity contribution in [3.8, 4) is 5.75 Å². The summed E-state index contributed by atoms with van der Waals surface area (Å²) < 4.78 is 10.7. The first-order chi connectivity index (χ1) is 11.6. The van der Waals surface area contributed by atoms with Gasteiger partial charge in [0.2, 0.25) is 0 Å². The summed E-state index contributed by atoms with van der Waals surface area (Å²) in [6, 6.07) is 7.68. The van der Waals surface area contributed by atoms with E-state index < -0.39 is 5.97 Å². The number of hydrogen-bond donors (Lipinski definition) is 1. The highest BCUT2D eigenvalue weighted by atomic mass is 16.5. The Balaban J connectivity index is 1.51. The molecule has 1 aromatic carbocycles. The van der Waals surface area contributed by atoms with Gasteiger partial charge in [-0.05, 0) is 30.9 Å². The first kappa shape index (κ1) is 16.6. The van der Waals surface area contributed by atoms with E-state index in [-0.39, 0.29) is 25.2 Å². The van der Waals surface area contributed by atoms with Crippen molar-refractivity contribution in [2.45, 2.75) is 38.6 Å². The molecule has 0 spiro atoms. The van der Waals surface area contributed by atoms with Gasteiger partial charge >= 0.3 is 5.97 Å². The van der Waals surface area contributed by atoms with Crippen LogP contribution >= 0.6 is 0 Å². The summed E-state index contributed by atoms with van der Waals surface area (Å²) >= 11 is 0. The molecule has 0 radical (unpaired) electrons. The molecule has 0 unspecified atom stereocenters. The van der Waals surface area contributed by atoms with Crippen molar-refractivity contribution in [3.05, 3.63) is 35.4 Å². The van der Waals surface area contributed by atoms with Gasteiger partial charge in [-0.2, -0.15) is 0 Å². The van der Waals surface area contributed by atoms with E-state index in [0.29, 0.717) is 11.5 Å². The van der Waals surface area contributed by atoms with E-state index in [4.69, 9.17) is 9.47 Å². The molecule has 1 fully saturated rings. The number of hydrogen-bond acceptors (Lipinski definition) is 4. The molecule has 5 nitrogen and oxygen atoms in total. The maximum Gasteiger partial charge on any atom is 0.338 e. The molecule has 5 heteroatoms. The lowest BCUT2D eigenvalue weighted by molar-refractivity contribution is -0.145. The maximum atomic E-state index is 12.1. The number of ether oxygens (including phenoxy) is 2. The van der Waals surface area contributed by atoms with Crippen LogP contribution < -0.4 is 10.1 Å². The smallest absolute Gasteiger partial charge is 0.338 e. The largest absolute Gasteiger partial charge is 0.488 e. The minimum Gasteiger partial charge on any atom is -0.488 e. The lowest BCUT2D eigenvalue weighted by Gasteiger charge is -2.29. The molecule has 3 rings (SSSR count). The molecule has 0 bridgehead atoms. The van der Waals surface area contributed by atoms with Gasteiger partial charge in [-0.25, -0.2) is 4.79 Å². The third-order valence-corrected chi connectivity index (χ3v) is 4.69. The van der Waals surface area contributed by atoms with E-state index in [2.05, 4.69) is 12.2 Å². The van der Waals surface area contributed by atoms with Crippen molar-refractivity contribution in [1.29, 1.82) is 0 Å². The molecule has 2 aliphatic rings. The second kappa shape index (κ2) is 7.51. The van der Waals surface area contributed by atoms with E-state index in [1.807, 2.05) is 24.3 Å². The minimum absolute atomic E-state index is 0.164. The summed E-state index contributed by atoms with van der Waals surface area (Å²) in [5, 5.41) is 2.98.